The fourth-order valence-electron chi connectivity index (χ4n) is 5.03. The number of aromatic nitrogens is 4. The standard InChI is InChI=1S/C33H33N7O4/c1-37(22-9-10-22)19-5-8-29(41)38(2)24-6-4-7-25(20-24)40-32-30(31(34)35-21-36-32)39(33(40)42)23-11-13-27(14-12-23)44-28-17-15-26(43-3)16-18-28/h4-8,11-18,20-22H,9-10,19H2,1-3H3,(H2,34,35,36)/b8-5+. The molecule has 0 bridgehead atoms. The minimum absolute atomic E-state index is 0.161. The molecule has 44 heavy (non-hydrogen) atoms. The third-order valence-corrected chi connectivity index (χ3v) is 7.67. The van der Waals surface area contributed by atoms with E-state index in [1.54, 1.807) is 67.6 Å². The van der Waals surface area contributed by atoms with Gasteiger partial charge in [-0.15, -0.1) is 0 Å². The maximum absolute atomic E-state index is 14.0. The van der Waals surface area contributed by atoms with Crippen LogP contribution in [0.5, 0.6) is 17.2 Å². The zero-order valence-corrected chi connectivity index (χ0v) is 24.8. The number of amides is 1. The monoisotopic (exact) mass is 591 g/mol. The van der Waals surface area contributed by atoms with Gasteiger partial charge in [-0.25, -0.2) is 19.3 Å². The number of hydrogen-bond acceptors (Lipinski definition) is 8. The molecule has 0 aliphatic heterocycles. The molecule has 1 fully saturated rings. The van der Waals surface area contributed by atoms with Gasteiger partial charge in [-0.2, -0.15) is 0 Å². The number of carbonyl (C=O) groups excluding carboxylic acids is 1. The van der Waals surface area contributed by atoms with E-state index in [0.717, 1.165) is 12.3 Å². The number of nitrogens with zero attached hydrogens (tertiary/aromatic N) is 6. The van der Waals surface area contributed by atoms with Crippen molar-refractivity contribution in [3.8, 4) is 28.6 Å². The summed E-state index contributed by atoms with van der Waals surface area (Å²) in [5.74, 6) is 1.97. The molecule has 0 atom stereocenters. The quantitative estimate of drug-likeness (QED) is 0.235. The van der Waals surface area contributed by atoms with Crippen LogP contribution in [0.2, 0.25) is 0 Å². The van der Waals surface area contributed by atoms with Crippen molar-refractivity contribution in [3.63, 3.8) is 0 Å². The normalized spacial score (nSPS) is 13.1. The van der Waals surface area contributed by atoms with Gasteiger partial charge in [-0.3, -0.25) is 14.3 Å². The van der Waals surface area contributed by atoms with E-state index in [-0.39, 0.29) is 17.4 Å². The van der Waals surface area contributed by atoms with Crippen LogP contribution >= 0.6 is 0 Å². The first kappa shape index (κ1) is 28.7. The molecule has 0 unspecified atom stereocenters. The topological polar surface area (TPSA) is 121 Å². The number of imidazole rings is 1. The summed E-state index contributed by atoms with van der Waals surface area (Å²) >= 11 is 0. The number of nitrogen functional groups attached to an aromatic ring is 1. The third-order valence-electron chi connectivity index (χ3n) is 7.67. The van der Waals surface area contributed by atoms with E-state index in [4.69, 9.17) is 15.2 Å². The van der Waals surface area contributed by atoms with E-state index in [9.17, 15) is 9.59 Å². The zero-order valence-electron chi connectivity index (χ0n) is 24.8. The van der Waals surface area contributed by atoms with Crippen molar-refractivity contribution in [3.05, 3.63) is 102 Å². The molecule has 2 aromatic heterocycles. The number of carbonyl (C=O) groups is 1. The average Bonchev–Trinajstić information content (AvgIpc) is 3.85. The lowest BCUT2D eigenvalue weighted by atomic mass is 10.2. The van der Waals surface area contributed by atoms with Gasteiger partial charge in [0.2, 0.25) is 5.91 Å². The molecule has 0 spiro atoms. The summed E-state index contributed by atoms with van der Waals surface area (Å²) in [4.78, 5) is 39.3. The van der Waals surface area contributed by atoms with Gasteiger partial charge in [-0.05, 0) is 86.6 Å². The predicted octanol–water partition coefficient (Wildman–Crippen LogP) is 4.57. The second kappa shape index (κ2) is 12.1. The fraction of sp³-hybridized carbons (Fsp3) is 0.212. The molecule has 2 N–H and O–H groups in total. The van der Waals surface area contributed by atoms with Crippen molar-refractivity contribution in [2.75, 3.05) is 38.4 Å². The Morgan fingerprint density at radius 2 is 1.64 bits per heavy atom. The first-order valence-corrected chi connectivity index (χ1v) is 14.2. The number of nitrogens with two attached hydrogens (primary N) is 1. The Labute approximate surface area is 254 Å². The molecule has 5 aromatic rings. The predicted molar refractivity (Wildman–Crippen MR) is 170 cm³/mol. The first-order valence-electron chi connectivity index (χ1n) is 14.2. The van der Waals surface area contributed by atoms with Crippen LogP contribution in [0.4, 0.5) is 11.5 Å². The minimum atomic E-state index is -0.384. The molecule has 0 saturated heterocycles. The highest BCUT2D eigenvalue weighted by atomic mass is 16.5. The Balaban J connectivity index is 1.30. The van der Waals surface area contributed by atoms with Gasteiger partial charge in [-0.1, -0.05) is 12.1 Å². The Hall–Kier alpha value is -5.42. The van der Waals surface area contributed by atoms with Gasteiger partial charge in [0.25, 0.3) is 0 Å². The Bertz CT molecular complexity index is 1890. The lowest BCUT2D eigenvalue weighted by molar-refractivity contribution is -0.113. The van der Waals surface area contributed by atoms with Crippen molar-refractivity contribution in [1.29, 1.82) is 0 Å². The van der Waals surface area contributed by atoms with E-state index in [2.05, 4.69) is 21.9 Å². The summed E-state index contributed by atoms with van der Waals surface area (Å²) in [6.07, 6.45) is 7.21. The highest BCUT2D eigenvalue weighted by Crippen LogP contribution is 2.28. The zero-order chi connectivity index (χ0) is 30.8. The summed E-state index contributed by atoms with van der Waals surface area (Å²) < 4.78 is 14.1. The lowest BCUT2D eigenvalue weighted by Crippen LogP contribution is -2.26. The number of rotatable bonds is 10. The maximum atomic E-state index is 14.0. The van der Waals surface area contributed by atoms with Crippen LogP contribution in [-0.4, -0.2) is 63.7 Å². The number of benzene rings is 3. The van der Waals surface area contributed by atoms with E-state index < -0.39 is 0 Å². The van der Waals surface area contributed by atoms with Crippen molar-refractivity contribution in [2.45, 2.75) is 18.9 Å². The molecule has 3 aromatic carbocycles. The van der Waals surface area contributed by atoms with Gasteiger partial charge < -0.3 is 20.1 Å². The molecular formula is C33H33N7O4. The molecule has 2 heterocycles. The van der Waals surface area contributed by atoms with Gasteiger partial charge >= 0.3 is 5.69 Å². The highest BCUT2D eigenvalue weighted by molar-refractivity contribution is 6.01. The number of anilines is 2. The molecule has 1 aliphatic carbocycles. The molecule has 1 amide bonds. The molecule has 11 nitrogen and oxygen atoms in total. The summed E-state index contributed by atoms with van der Waals surface area (Å²) in [5.41, 5.74) is 8.35. The number of fused-ring (bicyclic) bond motifs is 1. The van der Waals surface area contributed by atoms with Crippen LogP contribution < -0.4 is 25.8 Å². The highest BCUT2D eigenvalue weighted by Gasteiger charge is 2.25. The number of methoxy groups -OCH3 is 1. The largest absolute Gasteiger partial charge is 0.497 e. The number of hydrogen-bond donors (Lipinski definition) is 1. The minimum Gasteiger partial charge on any atom is -0.497 e. The first-order chi connectivity index (χ1) is 21.3. The molecule has 1 saturated carbocycles. The van der Waals surface area contributed by atoms with Gasteiger partial charge in [0.1, 0.15) is 29.1 Å². The van der Waals surface area contributed by atoms with Crippen molar-refractivity contribution >= 4 is 28.6 Å². The van der Waals surface area contributed by atoms with Crippen LogP contribution in [0.1, 0.15) is 12.8 Å². The molecule has 1 aliphatic rings. The Morgan fingerprint density at radius 3 is 2.32 bits per heavy atom. The second-order valence-electron chi connectivity index (χ2n) is 10.6. The molecule has 11 heteroatoms. The number of ether oxygens (including phenoxy) is 2. The third kappa shape index (κ3) is 5.77. The maximum Gasteiger partial charge on any atom is 0.339 e. The van der Waals surface area contributed by atoms with E-state index in [1.807, 2.05) is 36.4 Å². The molecular weight excluding hydrogens is 558 g/mol. The number of likely N-dealkylation sites (N-methyl/N-ethyl adjacent to an activating group) is 2. The van der Waals surface area contributed by atoms with Gasteiger partial charge in [0.15, 0.2) is 11.5 Å². The Morgan fingerprint density at radius 1 is 0.955 bits per heavy atom. The Kier molecular flexibility index (Phi) is 7.86. The fourth-order valence-corrected chi connectivity index (χ4v) is 5.03. The van der Waals surface area contributed by atoms with Gasteiger partial charge in [0, 0.05) is 31.4 Å². The van der Waals surface area contributed by atoms with Crippen molar-refractivity contribution in [2.24, 2.45) is 0 Å². The summed E-state index contributed by atoms with van der Waals surface area (Å²) in [6.45, 7) is 0.717. The van der Waals surface area contributed by atoms with Gasteiger partial charge in [0.05, 0.1) is 18.5 Å². The SMILES string of the molecule is COc1ccc(Oc2ccc(-n3c(=O)n(-c4cccc(N(C)C(=O)/C=C/CN(C)C5CC5)c4)c4ncnc(N)c43)cc2)cc1. The summed E-state index contributed by atoms with van der Waals surface area (Å²) in [6, 6.07) is 22.1. The van der Waals surface area contributed by atoms with Crippen molar-refractivity contribution < 1.29 is 14.3 Å². The smallest absolute Gasteiger partial charge is 0.339 e. The van der Waals surface area contributed by atoms with Crippen LogP contribution in [0.15, 0.2) is 96.1 Å². The van der Waals surface area contributed by atoms with E-state index in [0.29, 0.717) is 45.8 Å². The van der Waals surface area contributed by atoms with Crippen LogP contribution in [0.25, 0.3) is 22.5 Å². The summed E-state index contributed by atoms with van der Waals surface area (Å²) in [7, 11) is 5.38. The molecule has 224 valence electrons. The summed E-state index contributed by atoms with van der Waals surface area (Å²) in [5, 5.41) is 0. The van der Waals surface area contributed by atoms with Crippen molar-refractivity contribution in [1.82, 2.24) is 24.0 Å². The lowest BCUT2D eigenvalue weighted by Gasteiger charge is -2.17. The average molecular weight is 592 g/mol. The van der Waals surface area contributed by atoms with Crippen LogP contribution in [0, 0.1) is 0 Å². The van der Waals surface area contributed by atoms with Crippen LogP contribution in [-0.2, 0) is 4.79 Å². The molecule has 0 radical (unpaired) electrons. The van der Waals surface area contributed by atoms with E-state index >= 15 is 0 Å². The molecule has 6 rings (SSSR count). The van der Waals surface area contributed by atoms with Crippen LogP contribution in [0.3, 0.4) is 0 Å². The second-order valence-corrected chi connectivity index (χ2v) is 10.6. The van der Waals surface area contributed by atoms with E-state index in [1.165, 1.54) is 28.3 Å².